The van der Waals surface area contributed by atoms with Gasteiger partial charge < -0.3 is 9.84 Å². The first-order valence-corrected chi connectivity index (χ1v) is 5.60. The van der Waals surface area contributed by atoms with E-state index < -0.39 is 0 Å². The Labute approximate surface area is 137 Å². The van der Waals surface area contributed by atoms with Gasteiger partial charge in [0.05, 0.1) is 18.1 Å². The van der Waals surface area contributed by atoms with Crippen molar-refractivity contribution in [2.75, 3.05) is 6.61 Å². The number of ether oxygens (including phenoxy) is 1. The second kappa shape index (κ2) is 11.0. The smallest absolute Gasteiger partial charge is 0.122 e. The molecule has 1 aromatic heterocycles. The van der Waals surface area contributed by atoms with Crippen molar-refractivity contribution in [2.45, 2.75) is 34.6 Å². The second-order valence-electron chi connectivity index (χ2n) is 3.02. The number of aliphatic hydroxyl groups excluding tert-OH is 1. The number of aromatic nitrogens is 1. The van der Waals surface area contributed by atoms with Crippen LogP contribution in [0.25, 0.3) is 5.57 Å². The number of rotatable bonds is 3. The maximum atomic E-state index is 9.29. The van der Waals surface area contributed by atoms with Gasteiger partial charge in [0.25, 0.3) is 0 Å². The molecule has 1 rings (SSSR count). The van der Waals surface area contributed by atoms with Crippen LogP contribution in [0.3, 0.4) is 0 Å². The van der Waals surface area contributed by atoms with Gasteiger partial charge >= 0.3 is 0 Å². The van der Waals surface area contributed by atoms with Gasteiger partial charge in [0.2, 0.25) is 0 Å². The first-order valence-electron chi connectivity index (χ1n) is 5.60. The number of hydrogen-bond donors (Lipinski definition) is 1. The van der Waals surface area contributed by atoms with E-state index in [4.69, 9.17) is 4.74 Å². The van der Waals surface area contributed by atoms with Gasteiger partial charge in [-0.2, -0.15) is 0 Å². The Kier molecular flexibility index (Phi) is 12.4. The molecule has 17 heavy (non-hydrogen) atoms. The van der Waals surface area contributed by atoms with Gasteiger partial charge in [-0.05, 0) is 26.8 Å². The number of allylic oxidation sites excluding steroid dienone is 2. The summed E-state index contributed by atoms with van der Waals surface area (Å²) in [6.45, 7) is 10.0. The summed E-state index contributed by atoms with van der Waals surface area (Å²) in [7, 11) is 0. The summed E-state index contributed by atoms with van der Waals surface area (Å²) in [6.07, 6.45) is 1.67. The van der Waals surface area contributed by atoms with Crippen LogP contribution in [-0.4, -0.2) is 16.7 Å². The molecule has 0 saturated carbocycles. The molecule has 0 aliphatic carbocycles. The average molecular weight is 364 g/mol. The van der Waals surface area contributed by atoms with E-state index in [1.807, 2.05) is 33.8 Å². The zero-order valence-electron chi connectivity index (χ0n) is 11.3. The van der Waals surface area contributed by atoms with Gasteiger partial charge in [0.1, 0.15) is 5.75 Å². The number of aliphatic hydroxyl groups is 1. The minimum absolute atomic E-state index is 0. The van der Waals surface area contributed by atoms with Gasteiger partial charge in [-0.15, -0.1) is 0 Å². The zero-order valence-corrected chi connectivity index (χ0v) is 15.0. The van der Waals surface area contributed by atoms with E-state index in [2.05, 4.69) is 4.98 Å². The predicted octanol–water partition coefficient (Wildman–Crippen LogP) is 3.82. The molecule has 1 N–H and O–H groups in total. The van der Waals surface area contributed by atoms with Crippen LogP contribution in [-0.2, 0) is 0 Å². The van der Waals surface area contributed by atoms with Gasteiger partial charge in [0, 0.05) is 59.1 Å². The molecule has 0 aliphatic rings. The van der Waals surface area contributed by atoms with Crippen LogP contribution in [0.1, 0.15) is 40.3 Å². The Morgan fingerprint density at radius 3 is 2.41 bits per heavy atom. The maximum Gasteiger partial charge on any atom is 0.122 e. The van der Waals surface area contributed by atoms with Crippen LogP contribution in [0.5, 0.6) is 5.75 Å². The Balaban J connectivity index is 0. The molecule has 0 aromatic carbocycles. The van der Waals surface area contributed by atoms with Crippen molar-refractivity contribution in [3.63, 3.8) is 0 Å². The second-order valence-corrected chi connectivity index (χ2v) is 3.02. The molecule has 0 saturated heterocycles. The molecule has 0 fully saturated rings. The minimum atomic E-state index is 0. The molecular weight excluding hydrogens is 343 g/mol. The first-order chi connectivity index (χ1) is 7.65. The number of pyridine rings is 1. The maximum absolute atomic E-state index is 9.29. The number of hydrogen-bond acceptors (Lipinski definition) is 3. The van der Waals surface area contributed by atoms with E-state index in [1.165, 1.54) is 0 Å². The summed E-state index contributed by atoms with van der Waals surface area (Å²) in [6, 6.07) is 3.62. The third kappa shape index (κ3) is 7.00. The Morgan fingerprint density at radius 1 is 1.35 bits per heavy atom. The van der Waals surface area contributed by atoms with E-state index in [-0.39, 0.29) is 47.1 Å². The van der Waals surface area contributed by atoms with Crippen LogP contribution < -0.4 is 4.74 Å². The molecule has 0 unspecified atom stereocenters. The molecule has 1 aromatic rings. The van der Waals surface area contributed by atoms with Gasteiger partial charge in [-0.3, -0.25) is 4.98 Å². The molecule has 1 heterocycles. The predicted molar refractivity (Wildman–Crippen MR) is 67.7 cm³/mol. The number of nitrogens with zero attached hydrogens (tertiary/aromatic N) is 1. The fourth-order valence-electron chi connectivity index (χ4n) is 1.06. The molecule has 4 heteroatoms. The topological polar surface area (TPSA) is 42.4 Å². The van der Waals surface area contributed by atoms with Crippen molar-refractivity contribution in [1.82, 2.24) is 4.98 Å². The first kappa shape index (κ1) is 19.2. The molecular formula is C13H21NO2Pr. The molecule has 0 amide bonds. The van der Waals surface area contributed by atoms with Crippen LogP contribution in [0.15, 0.2) is 24.1 Å². The Hall–Kier alpha value is -0.146. The third-order valence-corrected chi connectivity index (χ3v) is 1.97. The molecule has 93 valence electrons. The van der Waals surface area contributed by atoms with Crippen molar-refractivity contribution < 1.29 is 51.1 Å². The molecule has 0 atom stereocenters. The van der Waals surface area contributed by atoms with Crippen molar-refractivity contribution in [2.24, 2.45) is 0 Å². The van der Waals surface area contributed by atoms with Gasteiger partial charge in [-0.25, -0.2) is 0 Å². The van der Waals surface area contributed by atoms with Crippen LogP contribution in [0.4, 0.5) is 0 Å². The van der Waals surface area contributed by atoms with Crippen molar-refractivity contribution in [3.8, 4) is 5.75 Å². The summed E-state index contributed by atoms with van der Waals surface area (Å²) in [4.78, 5) is 4.14. The van der Waals surface area contributed by atoms with Gasteiger partial charge in [0.15, 0.2) is 0 Å². The largest absolute Gasteiger partial charge is 0.512 e. The average Bonchev–Trinajstić information content (AvgIpc) is 2.31. The standard InChI is InChI=1S/C11H15NO2.C2H6.Pr/c1-4-14-10-5-6-12-11(7-10)8(2)9(3)13;1-2;/h5-7,13H,4H2,1-3H3;1-2H3;/b9-8-;;. The summed E-state index contributed by atoms with van der Waals surface area (Å²) < 4.78 is 5.33. The summed E-state index contributed by atoms with van der Waals surface area (Å²) in [5, 5.41) is 9.29. The van der Waals surface area contributed by atoms with Crippen molar-refractivity contribution >= 4 is 5.57 Å². The summed E-state index contributed by atoms with van der Waals surface area (Å²) in [5.41, 5.74) is 1.52. The van der Waals surface area contributed by atoms with E-state index in [1.54, 1.807) is 19.2 Å². The molecule has 3 nitrogen and oxygen atoms in total. The van der Waals surface area contributed by atoms with E-state index in [0.29, 0.717) is 6.61 Å². The van der Waals surface area contributed by atoms with E-state index in [0.717, 1.165) is 17.0 Å². The quantitative estimate of drug-likeness (QED) is 0.830. The van der Waals surface area contributed by atoms with Crippen LogP contribution >= 0.6 is 0 Å². The van der Waals surface area contributed by atoms with Gasteiger partial charge in [-0.1, -0.05) is 13.8 Å². The molecule has 1 radical (unpaired) electrons. The molecule has 0 spiro atoms. The van der Waals surface area contributed by atoms with Crippen molar-refractivity contribution in [1.29, 1.82) is 0 Å². The monoisotopic (exact) mass is 364 g/mol. The van der Waals surface area contributed by atoms with Crippen molar-refractivity contribution in [3.05, 3.63) is 29.8 Å². The molecule has 0 aliphatic heterocycles. The Bertz CT molecular complexity index is 347. The van der Waals surface area contributed by atoms with E-state index in [9.17, 15) is 5.11 Å². The Morgan fingerprint density at radius 2 is 1.94 bits per heavy atom. The van der Waals surface area contributed by atoms with Crippen LogP contribution in [0, 0.1) is 41.3 Å². The third-order valence-electron chi connectivity index (χ3n) is 1.97. The fourth-order valence-corrected chi connectivity index (χ4v) is 1.06. The summed E-state index contributed by atoms with van der Waals surface area (Å²) in [5.74, 6) is 1.06. The fraction of sp³-hybridized carbons (Fsp3) is 0.462. The minimum Gasteiger partial charge on any atom is -0.512 e. The molecule has 0 bridgehead atoms. The zero-order chi connectivity index (χ0) is 12.6. The van der Waals surface area contributed by atoms with E-state index >= 15 is 0 Å². The SMILES string of the molecule is CC.CCOc1ccnc(/C(C)=C(/C)O)c1.[Pr]. The normalized spacial score (nSPS) is 10.4. The summed E-state index contributed by atoms with van der Waals surface area (Å²) >= 11 is 0. The van der Waals surface area contributed by atoms with Crippen LogP contribution in [0.2, 0.25) is 0 Å².